The first-order chi connectivity index (χ1) is 9.71. The summed E-state index contributed by atoms with van der Waals surface area (Å²) in [5, 5.41) is 12.7. The van der Waals surface area contributed by atoms with E-state index in [9.17, 15) is 5.11 Å². The van der Waals surface area contributed by atoms with Crippen molar-refractivity contribution >= 4 is 6.21 Å². The third-order valence-corrected chi connectivity index (χ3v) is 4.21. The van der Waals surface area contributed by atoms with Crippen molar-refractivity contribution < 1.29 is 5.11 Å². The van der Waals surface area contributed by atoms with E-state index in [4.69, 9.17) is 0 Å². The lowest BCUT2D eigenvalue weighted by Gasteiger charge is -2.33. The molecular formula is C16H31N3O. The zero-order chi connectivity index (χ0) is 14.8. The summed E-state index contributed by atoms with van der Waals surface area (Å²) in [7, 11) is 4.08. The van der Waals surface area contributed by atoms with Crippen LogP contribution in [-0.2, 0) is 0 Å². The van der Waals surface area contributed by atoms with Crippen molar-refractivity contribution in [2.24, 2.45) is 16.8 Å². The Morgan fingerprint density at radius 3 is 2.70 bits per heavy atom. The second kappa shape index (κ2) is 9.94. The molecule has 0 aromatic rings. The van der Waals surface area contributed by atoms with Crippen molar-refractivity contribution in [3.05, 3.63) is 11.9 Å². The highest BCUT2D eigenvalue weighted by molar-refractivity contribution is 5.58. The fourth-order valence-electron chi connectivity index (χ4n) is 2.82. The molecule has 4 nitrogen and oxygen atoms in total. The Morgan fingerprint density at radius 1 is 1.45 bits per heavy atom. The number of allylic oxidation sites excluding steroid dienone is 1. The molecule has 0 spiro atoms. The van der Waals surface area contributed by atoms with E-state index in [1.165, 1.54) is 25.9 Å². The number of piperidine rings is 1. The van der Waals surface area contributed by atoms with Crippen LogP contribution >= 0.6 is 0 Å². The Kier molecular flexibility index (Phi) is 8.54. The van der Waals surface area contributed by atoms with Gasteiger partial charge in [-0.25, -0.2) is 4.99 Å². The lowest BCUT2D eigenvalue weighted by Crippen LogP contribution is -2.34. The molecule has 1 rings (SSSR count). The van der Waals surface area contributed by atoms with Crippen LogP contribution in [0.2, 0.25) is 0 Å². The maximum atomic E-state index is 9.63. The van der Waals surface area contributed by atoms with Gasteiger partial charge in [0.05, 0.1) is 0 Å². The zero-order valence-electron chi connectivity index (χ0n) is 13.3. The summed E-state index contributed by atoms with van der Waals surface area (Å²) in [6.07, 6.45) is 9.49. The maximum absolute atomic E-state index is 9.63. The van der Waals surface area contributed by atoms with Gasteiger partial charge >= 0.3 is 0 Å². The van der Waals surface area contributed by atoms with Crippen molar-refractivity contribution in [1.29, 1.82) is 0 Å². The van der Waals surface area contributed by atoms with E-state index in [-0.39, 0.29) is 0 Å². The van der Waals surface area contributed by atoms with Gasteiger partial charge in [-0.2, -0.15) is 0 Å². The van der Waals surface area contributed by atoms with Gasteiger partial charge in [-0.3, -0.25) is 0 Å². The molecule has 0 aliphatic carbocycles. The number of likely N-dealkylation sites (tertiary alicyclic amines) is 1. The average molecular weight is 281 g/mol. The second-order valence-electron chi connectivity index (χ2n) is 5.72. The SMILES string of the molecule is CC/C=N\C(=C/CC[C@@H](CO)C1CCN(C)CC1)NC. The average Bonchev–Trinajstić information content (AvgIpc) is 2.48. The van der Waals surface area contributed by atoms with Crippen LogP contribution in [0.5, 0.6) is 0 Å². The van der Waals surface area contributed by atoms with E-state index >= 15 is 0 Å². The minimum Gasteiger partial charge on any atom is -0.396 e. The third kappa shape index (κ3) is 6.06. The normalized spacial score (nSPS) is 20.5. The Labute approximate surface area is 124 Å². The Hall–Kier alpha value is -0.870. The first-order valence-corrected chi connectivity index (χ1v) is 7.91. The van der Waals surface area contributed by atoms with Crippen LogP contribution < -0.4 is 5.32 Å². The molecule has 0 aromatic heterocycles. The van der Waals surface area contributed by atoms with Crippen LogP contribution in [0.1, 0.15) is 39.0 Å². The highest BCUT2D eigenvalue weighted by Gasteiger charge is 2.24. The lowest BCUT2D eigenvalue weighted by molar-refractivity contribution is 0.113. The van der Waals surface area contributed by atoms with Crippen molar-refractivity contribution in [2.45, 2.75) is 39.0 Å². The summed E-state index contributed by atoms with van der Waals surface area (Å²) in [5.74, 6) is 2.06. The number of nitrogens with zero attached hydrogens (tertiary/aromatic N) is 2. The second-order valence-corrected chi connectivity index (χ2v) is 5.72. The molecule has 1 atom stereocenters. The number of hydrogen-bond donors (Lipinski definition) is 2. The fraction of sp³-hybridized carbons (Fsp3) is 0.812. The summed E-state index contributed by atoms with van der Waals surface area (Å²) in [5.41, 5.74) is 0. The molecule has 0 saturated carbocycles. The van der Waals surface area contributed by atoms with E-state index in [1.54, 1.807) is 0 Å². The van der Waals surface area contributed by atoms with Gasteiger partial charge in [-0.15, -0.1) is 0 Å². The van der Waals surface area contributed by atoms with Crippen molar-refractivity contribution in [2.75, 3.05) is 33.8 Å². The minimum atomic E-state index is 0.315. The molecule has 1 aliphatic rings. The van der Waals surface area contributed by atoms with Gasteiger partial charge in [0, 0.05) is 19.9 Å². The Morgan fingerprint density at radius 2 is 2.15 bits per heavy atom. The number of rotatable bonds is 8. The number of aliphatic hydroxyl groups is 1. The van der Waals surface area contributed by atoms with Gasteiger partial charge in [-0.05, 0) is 70.2 Å². The van der Waals surface area contributed by atoms with Crippen molar-refractivity contribution in [3.8, 4) is 0 Å². The van der Waals surface area contributed by atoms with Gasteiger partial charge in [-0.1, -0.05) is 6.92 Å². The smallest absolute Gasteiger partial charge is 0.121 e. The number of aliphatic imine (C=N–C) groups is 1. The molecule has 4 heteroatoms. The van der Waals surface area contributed by atoms with Crippen molar-refractivity contribution in [1.82, 2.24) is 10.2 Å². The van der Waals surface area contributed by atoms with Gasteiger partial charge in [0.15, 0.2) is 0 Å². The number of hydrogen-bond acceptors (Lipinski definition) is 4. The Bertz CT molecular complexity index is 307. The van der Waals surface area contributed by atoms with Crippen LogP contribution in [0.15, 0.2) is 16.9 Å². The molecule has 0 amide bonds. The van der Waals surface area contributed by atoms with Gasteiger partial charge in [0.2, 0.25) is 0 Å². The number of aliphatic hydroxyl groups excluding tert-OH is 1. The number of nitrogens with one attached hydrogen (secondary N) is 1. The topological polar surface area (TPSA) is 47.9 Å². The summed E-state index contributed by atoms with van der Waals surface area (Å²) in [4.78, 5) is 6.74. The standard InChI is InChI=1S/C16H31N3O/c1-4-10-18-16(17-2)7-5-6-15(13-20)14-8-11-19(3)12-9-14/h7,10,14-15,17,20H,4-6,8-9,11-13H2,1-3H3/b16-7-,18-10-/t15-/m0/s1. The third-order valence-electron chi connectivity index (χ3n) is 4.21. The molecule has 116 valence electrons. The fourth-order valence-corrected chi connectivity index (χ4v) is 2.82. The molecule has 20 heavy (non-hydrogen) atoms. The quantitative estimate of drug-likeness (QED) is 0.671. The first-order valence-electron chi connectivity index (χ1n) is 7.91. The maximum Gasteiger partial charge on any atom is 0.121 e. The molecule has 1 saturated heterocycles. The predicted octanol–water partition coefficient (Wildman–Crippen LogP) is 2.26. The molecular weight excluding hydrogens is 250 g/mol. The molecule has 0 unspecified atom stereocenters. The Balaban J connectivity index is 2.40. The van der Waals surface area contributed by atoms with Crippen LogP contribution in [0.25, 0.3) is 0 Å². The highest BCUT2D eigenvalue weighted by atomic mass is 16.3. The summed E-state index contributed by atoms with van der Waals surface area (Å²) < 4.78 is 0. The van der Waals surface area contributed by atoms with Gasteiger partial charge in [0.1, 0.15) is 5.82 Å². The molecule has 0 bridgehead atoms. The molecule has 1 heterocycles. The van der Waals surface area contributed by atoms with Crippen molar-refractivity contribution in [3.63, 3.8) is 0 Å². The van der Waals surface area contributed by atoms with Crippen LogP contribution in [-0.4, -0.2) is 50.0 Å². The van der Waals surface area contributed by atoms with Gasteiger partial charge < -0.3 is 15.3 Å². The molecule has 0 radical (unpaired) electrons. The lowest BCUT2D eigenvalue weighted by atomic mass is 9.82. The van der Waals surface area contributed by atoms with E-state index in [1.807, 2.05) is 13.3 Å². The van der Waals surface area contributed by atoms with E-state index < -0.39 is 0 Å². The molecule has 2 N–H and O–H groups in total. The molecule has 0 aromatic carbocycles. The summed E-state index contributed by atoms with van der Waals surface area (Å²) in [6.45, 7) is 4.73. The largest absolute Gasteiger partial charge is 0.396 e. The van der Waals surface area contributed by atoms with E-state index in [2.05, 4.69) is 35.3 Å². The first kappa shape index (κ1) is 17.2. The van der Waals surface area contributed by atoms with E-state index in [0.29, 0.717) is 18.4 Å². The van der Waals surface area contributed by atoms with Crippen LogP contribution in [0, 0.1) is 11.8 Å². The molecule has 1 aliphatic heterocycles. The van der Waals surface area contributed by atoms with Crippen LogP contribution in [0.4, 0.5) is 0 Å². The molecule has 1 fully saturated rings. The van der Waals surface area contributed by atoms with E-state index in [0.717, 1.165) is 25.1 Å². The minimum absolute atomic E-state index is 0.315. The predicted molar refractivity (Wildman–Crippen MR) is 86.0 cm³/mol. The summed E-state index contributed by atoms with van der Waals surface area (Å²) in [6, 6.07) is 0. The highest BCUT2D eigenvalue weighted by Crippen LogP contribution is 2.27. The zero-order valence-corrected chi connectivity index (χ0v) is 13.3. The van der Waals surface area contributed by atoms with Crippen LogP contribution in [0.3, 0.4) is 0 Å². The summed E-state index contributed by atoms with van der Waals surface area (Å²) >= 11 is 0. The van der Waals surface area contributed by atoms with Gasteiger partial charge in [0.25, 0.3) is 0 Å². The monoisotopic (exact) mass is 281 g/mol.